The summed E-state index contributed by atoms with van der Waals surface area (Å²) in [6, 6.07) is 11.3. The Balaban J connectivity index is 0.000000980. The molecule has 0 aromatic heterocycles. The van der Waals surface area contributed by atoms with E-state index in [0.717, 1.165) is 12.8 Å². The van der Waals surface area contributed by atoms with Gasteiger partial charge in [0.05, 0.1) is 0 Å². The fourth-order valence-corrected chi connectivity index (χ4v) is 1.92. The van der Waals surface area contributed by atoms with E-state index >= 15 is 0 Å². The number of nitrogens with two attached hydrogens (primary N) is 1. The van der Waals surface area contributed by atoms with Gasteiger partial charge in [-0.2, -0.15) is 0 Å². The second-order valence-corrected chi connectivity index (χ2v) is 3.78. The second kappa shape index (κ2) is 5.23. The molecule has 0 amide bonds. The number of hydrogen-bond acceptors (Lipinski definition) is 2. The summed E-state index contributed by atoms with van der Waals surface area (Å²) in [5.74, 6) is 0. The van der Waals surface area contributed by atoms with Gasteiger partial charge in [0.1, 0.15) is 0 Å². The van der Waals surface area contributed by atoms with Gasteiger partial charge in [-0.05, 0) is 31.4 Å². The number of rotatable bonds is 2. The molecule has 0 spiro atoms. The van der Waals surface area contributed by atoms with Crippen molar-refractivity contribution < 1.29 is 0 Å². The van der Waals surface area contributed by atoms with Gasteiger partial charge >= 0.3 is 0 Å². The normalized spacial score (nSPS) is 25.5. The van der Waals surface area contributed by atoms with Gasteiger partial charge in [-0.1, -0.05) is 18.2 Å². The van der Waals surface area contributed by atoms with E-state index in [1.54, 1.807) is 0 Å². The third-order valence-electron chi connectivity index (χ3n) is 2.62. The highest BCUT2D eigenvalue weighted by Crippen LogP contribution is 2.21. The van der Waals surface area contributed by atoms with Gasteiger partial charge in [0, 0.05) is 17.8 Å². The Kier molecular flexibility index (Phi) is 4.23. The molecule has 1 fully saturated rings. The Morgan fingerprint density at radius 2 is 1.86 bits per heavy atom. The van der Waals surface area contributed by atoms with Crippen LogP contribution in [0.2, 0.25) is 0 Å². The van der Waals surface area contributed by atoms with Crippen molar-refractivity contribution in [1.29, 1.82) is 0 Å². The number of benzene rings is 1. The van der Waals surface area contributed by atoms with E-state index in [0.29, 0.717) is 12.1 Å². The Hall–Kier alpha value is -0.730. The van der Waals surface area contributed by atoms with Crippen LogP contribution in [0.5, 0.6) is 0 Å². The third kappa shape index (κ3) is 2.89. The molecule has 0 unspecified atom stereocenters. The number of para-hydroxylation sites is 1. The maximum Gasteiger partial charge on any atom is 0.0342 e. The van der Waals surface area contributed by atoms with Gasteiger partial charge in [0.15, 0.2) is 0 Å². The lowest BCUT2D eigenvalue weighted by atomic mass is 10.2. The first-order valence-electron chi connectivity index (χ1n) is 4.92. The molecular formula is C11H17ClN2. The van der Waals surface area contributed by atoms with Gasteiger partial charge in [0.25, 0.3) is 0 Å². The molecular weight excluding hydrogens is 196 g/mol. The zero-order valence-electron chi connectivity index (χ0n) is 8.15. The highest BCUT2D eigenvalue weighted by molar-refractivity contribution is 5.85. The number of nitrogens with one attached hydrogen (secondary N) is 1. The van der Waals surface area contributed by atoms with Crippen LogP contribution in [0.25, 0.3) is 0 Å². The minimum atomic E-state index is 0. The van der Waals surface area contributed by atoms with Crippen molar-refractivity contribution in [3.63, 3.8) is 0 Å². The Morgan fingerprint density at radius 3 is 2.43 bits per heavy atom. The van der Waals surface area contributed by atoms with E-state index < -0.39 is 0 Å². The van der Waals surface area contributed by atoms with Crippen molar-refractivity contribution in [1.82, 2.24) is 0 Å². The first kappa shape index (κ1) is 11.3. The predicted molar refractivity (Wildman–Crippen MR) is 62.9 cm³/mol. The van der Waals surface area contributed by atoms with Gasteiger partial charge in [-0.3, -0.25) is 0 Å². The van der Waals surface area contributed by atoms with E-state index in [1.807, 2.05) is 6.07 Å². The summed E-state index contributed by atoms with van der Waals surface area (Å²) >= 11 is 0. The molecule has 0 radical (unpaired) electrons. The molecule has 14 heavy (non-hydrogen) atoms. The van der Waals surface area contributed by atoms with Crippen molar-refractivity contribution in [3.05, 3.63) is 30.3 Å². The van der Waals surface area contributed by atoms with Crippen molar-refractivity contribution in [2.75, 3.05) is 5.32 Å². The summed E-state index contributed by atoms with van der Waals surface area (Å²) in [4.78, 5) is 0. The molecule has 1 aromatic carbocycles. The summed E-state index contributed by atoms with van der Waals surface area (Å²) in [7, 11) is 0. The molecule has 0 aliphatic heterocycles. The summed E-state index contributed by atoms with van der Waals surface area (Å²) in [5.41, 5.74) is 7.05. The first-order valence-corrected chi connectivity index (χ1v) is 4.92. The molecule has 2 rings (SSSR count). The number of anilines is 1. The van der Waals surface area contributed by atoms with Gasteiger partial charge in [0.2, 0.25) is 0 Å². The fourth-order valence-electron chi connectivity index (χ4n) is 1.92. The van der Waals surface area contributed by atoms with Crippen molar-refractivity contribution >= 4 is 18.1 Å². The standard InChI is InChI=1S/C11H16N2.ClH/c12-9-6-7-11(8-9)13-10-4-2-1-3-5-10;/h1-5,9,11,13H,6-8,12H2;1H/t9-,11-;/m1./s1. The first-order chi connectivity index (χ1) is 6.34. The lowest BCUT2D eigenvalue weighted by molar-refractivity contribution is 0.688. The molecule has 3 heteroatoms. The van der Waals surface area contributed by atoms with Crippen LogP contribution < -0.4 is 11.1 Å². The lowest BCUT2D eigenvalue weighted by Gasteiger charge is -2.13. The molecule has 0 saturated heterocycles. The smallest absolute Gasteiger partial charge is 0.0342 e. The molecule has 0 bridgehead atoms. The van der Waals surface area contributed by atoms with E-state index in [9.17, 15) is 0 Å². The van der Waals surface area contributed by atoms with E-state index in [-0.39, 0.29) is 12.4 Å². The van der Waals surface area contributed by atoms with Crippen molar-refractivity contribution in [3.8, 4) is 0 Å². The topological polar surface area (TPSA) is 38.0 Å². The summed E-state index contributed by atoms with van der Waals surface area (Å²) in [6.07, 6.45) is 3.47. The maximum absolute atomic E-state index is 5.84. The second-order valence-electron chi connectivity index (χ2n) is 3.78. The monoisotopic (exact) mass is 212 g/mol. The quantitative estimate of drug-likeness (QED) is 0.790. The average Bonchev–Trinajstić information content (AvgIpc) is 2.53. The minimum Gasteiger partial charge on any atom is -0.382 e. The average molecular weight is 213 g/mol. The molecule has 1 aliphatic carbocycles. The molecule has 78 valence electrons. The van der Waals surface area contributed by atoms with E-state index in [4.69, 9.17) is 5.73 Å². The van der Waals surface area contributed by atoms with Crippen LogP contribution in [0.1, 0.15) is 19.3 Å². The lowest BCUT2D eigenvalue weighted by Crippen LogP contribution is -2.20. The zero-order chi connectivity index (χ0) is 9.10. The number of halogens is 1. The van der Waals surface area contributed by atoms with Gasteiger partial charge in [-0.25, -0.2) is 0 Å². The van der Waals surface area contributed by atoms with Crippen LogP contribution in [0.4, 0.5) is 5.69 Å². The highest BCUT2D eigenvalue weighted by atomic mass is 35.5. The van der Waals surface area contributed by atoms with E-state index in [2.05, 4.69) is 29.6 Å². The highest BCUT2D eigenvalue weighted by Gasteiger charge is 2.20. The largest absolute Gasteiger partial charge is 0.382 e. The van der Waals surface area contributed by atoms with Crippen molar-refractivity contribution in [2.24, 2.45) is 5.73 Å². The molecule has 1 aliphatic rings. The van der Waals surface area contributed by atoms with Crippen LogP contribution in [-0.2, 0) is 0 Å². The number of hydrogen-bond donors (Lipinski definition) is 2. The van der Waals surface area contributed by atoms with Gasteiger partial charge < -0.3 is 11.1 Å². The van der Waals surface area contributed by atoms with Crippen LogP contribution in [-0.4, -0.2) is 12.1 Å². The molecule has 1 saturated carbocycles. The molecule has 2 nitrogen and oxygen atoms in total. The zero-order valence-corrected chi connectivity index (χ0v) is 8.96. The SMILES string of the molecule is Cl.N[C@@H]1CC[C@@H](Nc2ccccc2)C1. The maximum atomic E-state index is 5.84. The summed E-state index contributed by atoms with van der Waals surface area (Å²) in [6.45, 7) is 0. The molecule has 3 N–H and O–H groups in total. The fraction of sp³-hybridized carbons (Fsp3) is 0.455. The summed E-state index contributed by atoms with van der Waals surface area (Å²) < 4.78 is 0. The van der Waals surface area contributed by atoms with Crippen LogP contribution in [0.3, 0.4) is 0 Å². The van der Waals surface area contributed by atoms with Crippen LogP contribution in [0, 0.1) is 0 Å². The third-order valence-corrected chi connectivity index (χ3v) is 2.62. The Morgan fingerprint density at radius 1 is 1.14 bits per heavy atom. The Bertz CT molecular complexity index is 263. The van der Waals surface area contributed by atoms with Crippen molar-refractivity contribution in [2.45, 2.75) is 31.3 Å². The summed E-state index contributed by atoms with van der Waals surface area (Å²) in [5, 5.41) is 3.49. The van der Waals surface area contributed by atoms with Crippen LogP contribution in [0.15, 0.2) is 30.3 Å². The minimum absolute atomic E-state index is 0. The molecule has 0 heterocycles. The Labute approximate surface area is 91.3 Å². The van der Waals surface area contributed by atoms with E-state index in [1.165, 1.54) is 12.1 Å². The molecule has 2 atom stereocenters. The van der Waals surface area contributed by atoms with Crippen LogP contribution >= 0.6 is 12.4 Å². The van der Waals surface area contributed by atoms with Gasteiger partial charge in [-0.15, -0.1) is 12.4 Å². The predicted octanol–water partition coefficient (Wildman–Crippen LogP) is 2.40. The molecule has 1 aromatic rings.